The largest absolute Gasteiger partial charge is 0.382 e. The van der Waals surface area contributed by atoms with Gasteiger partial charge < -0.3 is 10.3 Å². The number of nitrogens with zero attached hydrogens (tertiary/aromatic N) is 4. The van der Waals surface area contributed by atoms with Crippen molar-refractivity contribution in [2.24, 2.45) is 13.0 Å². The van der Waals surface area contributed by atoms with E-state index in [-0.39, 0.29) is 0 Å². The van der Waals surface area contributed by atoms with E-state index in [1.807, 2.05) is 11.6 Å². The molecule has 0 bridgehead atoms. The van der Waals surface area contributed by atoms with Gasteiger partial charge in [0.15, 0.2) is 22.8 Å². The summed E-state index contributed by atoms with van der Waals surface area (Å²) in [6, 6.07) is 0. The summed E-state index contributed by atoms with van der Waals surface area (Å²) in [6.45, 7) is 0. The van der Waals surface area contributed by atoms with E-state index in [4.69, 9.17) is 5.73 Å². The van der Waals surface area contributed by atoms with Gasteiger partial charge in [-0.25, -0.2) is 15.0 Å². The van der Waals surface area contributed by atoms with Gasteiger partial charge in [-0.1, -0.05) is 25.2 Å². The summed E-state index contributed by atoms with van der Waals surface area (Å²) in [6.07, 6.45) is 7.80. The zero-order valence-electron chi connectivity index (χ0n) is 11.1. The van der Waals surface area contributed by atoms with Gasteiger partial charge in [-0.05, 0) is 18.8 Å². The fourth-order valence-corrected chi connectivity index (χ4v) is 2.54. The Morgan fingerprint density at radius 3 is 2.79 bits per heavy atom. The van der Waals surface area contributed by atoms with E-state index in [1.165, 1.54) is 38.4 Å². The average Bonchev–Trinajstić information content (AvgIpc) is 2.77. The number of hydrogen-bond donors (Lipinski definition) is 1. The molecule has 0 saturated heterocycles. The maximum atomic E-state index is 5.80. The molecule has 1 fully saturated rings. The smallest absolute Gasteiger partial charge is 0.187 e. The first-order valence-electron chi connectivity index (χ1n) is 6.70. The van der Waals surface area contributed by atoms with Gasteiger partial charge in [0, 0.05) is 13.0 Å². The molecule has 2 heterocycles. The quantitative estimate of drug-likeness (QED) is 0.730. The lowest BCUT2D eigenvalue weighted by molar-refractivity contribution is 0.430. The van der Waals surface area contributed by atoms with Crippen molar-refractivity contribution in [2.45, 2.75) is 32.1 Å². The maximum Gasteiger partial charge on any atom is 0.187 e. The number of aromatic nitrogens is 4. The van der Waals surface area contributed by atoms with Gasteiger partial charge in [0.25, 0.3) is 0 Å². The van der Waals surface area contributed by atoms with E-state index in [1.54, 1.807) is 0 Å². The monoisotopic (exact) mass is 255 g/mol. The molecule has 2 aromatic heterocycles. The number of aryl methyl sites for hydroxylation is 1. The summed E-state index contributed by atoms with van der Waals surface area (Å²) in [5.74, 6) is 8.15. The average molecular weight is 255 g/mol. The van der Waals surface area contributed by atoms with Gasteiger partial charge in [-0.15, -0.1) is 0 Å². The molecular formula is C14H17N5. The van der Waals surface area contributed by atoms with Crippen LogP contribution in [0.2, 0.25) is 0 Å². The highest BCUT2D eigenvalue weighted by Crippen LogP contribution is 2.23. The van der Waals surface area contributed by atoms with Crippen molar-refractivity contribution in [3.63, 3.8) is 0 Å². The van der Waals surface area contributed by atoms with E-state index in [0.717, 1.165) is 5.65 Å². The molecule has 0 radical (unpaired) electrons. The Labute approximate surface area is 112 Å². The van der Waals surface area contributed by atoms with Crippen molar-refractivity contribution in [2.75, 3.05) is 5.73 Å². The normalized spacial score (nSPS) is 16.3. The first kappa shape index (κ1) is 12.0. The minimum absolute atomic E-state index is 0.409. The van der Waals surface area contributed by atoms with Crippen LogP contribution >= 0.6 is 0 Å². The fraction of sp³-hybridized carbons (Fsp3) is 0.500. The lowest BCUT2D eigenvalue weighted by Gasteiger charge is -2.15. The Hall–Kier alpha value is -2.09. The zero-order valence-corrected chi connectivity index (χ0v) is 11.1. The molecule has 5 heteroatoms. The Morgan fingerprint density at radius 2 is 2.05 bits per heavy atom. The molecule has 5 nitrogen and oxygen atoms in total. The Morgan fingerprint density at radius 1 is 1.26 bits per heavy atom. The lowest BCUT2D eigenvalue weighted by atomic mass is 9.90. The highest BCUT2D eigenvalue weighted by atomic mass is 15.1. The predicted molar refractivity (Wildman–Crippen MR) is 74.2 cm³/mol. The Balaban J connectivity index is 1.95. The summed E-state index contributed by atoms with van der Waals surface area (Å²) < 4.78 is 1.88. The van der Waals surface area contributed by atoms with Crippen LogP contribution in [-0.2, 0) is 7.05 Å². The molecule has 2 N–H and O–H groups in total. The van der Waals surface area contributed by atoms with Crippen LogP contribution in [0, 0.1) is 17.8 Å². The van der Waals surface area contributed by atoms with E-state index in [0.29, 0.717) is 23.1 Å². The van der Waals surface area contributed by atoms with Crippen LogP contribution in [0.5, 0.6) is 0 Å². The third kappa shape index (κ3) is 2.26. The number of anilines is 1. The molecule has 0 amide bonds. The van der Waals surface area contributed by atoms with Crippen LogP contribution in [0.4, 0.5) is 5.82 Å². The highest BCUT2D eigenvalue weighted by Gasteiger charge is 2.12. The zero-order chi connectivity index (χ0) is 13.2. The second kappa shape index (κ2) is 4.88. The second-order valence-corrected chi connectivity index (χ2v) is 5.03. The molecule has 1 saturated carbocycles. The van der Waals surface area contributed by atoms with Gasteiger partial charge in [0.2, 0.25) is 0 Å². The van der Waals surface area contributed by atoms with E-state index in [9.17, 15) is 0 Å². The molecule has 98 valence electrons. The van der Waals surface area contributed by atoms with Gasteiger partial charge in [0.05, 0.1) is 0 Å². The van der Waals surface area contributed by atoms with E-state index in [2.05, 4.69) is 26.8 Å². The minimum Gasteiger partial charge on any atom is -0.382 e. The molecular weight excluding hydrogens is 238 g/mol. The highest BCUT2D eigenvalue weighted by molar-refractivity contribution is 5.82. The standard InChI is InChI=1S/C14H17N5/c1-19-11(8-7-10-5-3-2-4-6-10)18-12-13(15)16-9-17-14(12)19/h9-10H,2-6H2,1H3,(H2,15,16,17). The number of rotatable bonds is 0. The fourth-order valence-electron chi connectivity index (χ4n) is 2.54. The summed E-state index contributed by atoms with van der Waals surface area (Å²) in [5.41, 5.74) is 7.18. The molecule has 0 aliphatic heterocycles. The van der Waals surface area contributed by atoms with Gasteiger partial charge in [-0.2, -0.15) is 0 Å². The van der Waals surface area contributed by atoms with Crippen molar-refractivity contribution in [3.05, 3.63) is 12.2 Å². The van der Waals surface area contributed by atoms with Gasteiger partial charge >= 0.3 is 0 Å². The topological polar surface area (TPSA) is 69.6 Å². The van der Waals surface area contributed by atoms with Crippen molar-refractivity contribution < 1.29 is 0 Å². The molecule has 0 spiro atoms. The summed E-state index contributed by atoms with van der Waals surface area (Å²) in [7, 11) is 1.91. The van der Waals surface area contributed by atoms with Crippen LogP contribution in [0.25, 0.3) is 11.2 Å². The molecule has 0 aromatic carbocycles. The van der Waals surface area contributed by atoms with Gasteiger partial charge in [-0.3, -0.25) is 0 Å². The van der Waals surface area contributed by atoms with Crippen LogP contribution in [-0.4, -0.2) is 19.5 Å². The maximum absolute atomic E-state index is 5.80. The summed E-state index contributed by atoms with van der Waals surface area (Å²) >= 11 is 0. The molecule has 1 aliphatic carbocycles. The molecule has 0 unspecified atom stereocenters. The third-order valence-corrected chi connectivity index (χ3v) is 3.68. The van der Waals surface area contributed by atoms with Crippen LogP contribution in [0.3, 0.4) is 0 Å². The van der Waals surface area contributed by atoms with Crippen LogP contribution in [0.15, 0.2) is 6.33 Å². The van der Waals surface area contributed by atoms with Crippen molar-refractivity contribution in [1.29, 1.82) is 0 Å². The van der Waals surface area contributed by atoms with Crippen molar-refractivity contribution in [1.82, 2.24) is 19.5 Å². The van der Waals surface area contributed by atoms with Crippen LogP contribution < -0.4 is 5.73 Å². The minimum atomic E-state index is 0.409. The second-order valence-electron chi connectivity index (χ2n) is 5.03. The Bertz CT molecular complexity index is 656. The number of nitrogens with two attached hydrogens (primary N) is 1. The van der Waals surface area contributed by atoms with Crippen LogP contribution in [0.1, 0.15) is 37.9 Å². The first-order chi connectivity index (χ1) is 9.25. The number of fused-ring (bicyclic) bond motifs is 1. The van der Waals surface area contributed by atoms with E-state index >= 15 is 0 Å². The SMILES string of the molecule is Cn1c(C#CC2CCCCC2)nc2c(N)ncnc21. The first-order valence-corrected chi connectivity index (χ1v) is 6.70. The number of imidazole rings is 1. The lowest BCUT2D eigenvalue weighted by Crippen LogP contribution is -2.03. The molecule has 0 atom stereocenters. The van der Waals surface area contributed by atoms with Gasteiger partial charge in [0.1, 0.15) is 6.33 Å². The summed E-state index contributed by atoms with van der Waals surface area (Å²) in [5, 5.41) is 0. The number of nitrogen functional groups attached to an aromatic ring is 1. The predicted octanol–water partition coefficient (Wildman–Crippen LogP) is 1.88. The molecule has 19 heavy (non-hydrogen) atoms. The third-order valence-electron chi connectivity index (χ3n) is 3.68. The molecule has 3 rings (SSSR count). The summed E-state index contributed by atoms with van der Waals surface area (Å²) in [4.78, 5) is 12.6. The Kier molecular flexibility index (Phi) is 3.08. The molecule has 1 aliphatic rings. The van der Waals surface area contributed by atoms with E-state index < -0.39 is 0 Å². The number of hydrogen-bond acceptors (Lipinski definition) is 4. The van der Waals surface area contributed by atoms with Crippen molar-refractivity contribution in [3.8, 4) is 11.8 Å². The van der Waals surface area contributed by atoms with Crippen molar-refractivity contribution >= 4 is 17.0 Å². The molecule has 2 aromatic rings.